The van der Waals surface area contributed by atoms with E-state index < -0.39 is 6.04 Å². The smallest absolute Gasteiger partial charge is 0.226 e. The molecule has 19 heavy (non-hydrogen) atoms. The van der Waals surface area contributed by atoms with E-state index in [0.29, 0.717) is 38.7 Å². The first-order chi connectivity index (χ1) is 9.04. The molecule has 0 spiro atoms. The molecule has 5 nitrogen and oxygen atoms in total. The van der Waals surface area contributed by atoms with Gasteiger partial charge in [0, 0.05) is 6.54 Å². The van der Waals surface area contributed by atoms with Gasteiger partial charge >= 0.3 is 0 Å². The molecule has 0 bridgehead atoms. The van der Waals surface area contributed by atoms with Gasteiger partial charge in [0.1, 0.15) is 6.04 Å². The number of morpholine rings is 1. The van der Waals surface area contributed by atoms with Crippen molar-refractivity contribution in [3.05, 3.63) is 0 Å². The predicted molar refractivity (Wildman–Crippen MR) is 71.4 cm³/mol. The minimum Gasteiger partial charge on any atom is -0.378 e. The Bertz CT molecular complexity index is 325. The number of ether oxygens (including phenoxy) is 2. The van der Waals surface area contributed by atoms with Crippen LogP contribution in [0.5, 0.6) is 0 Å². The lowest BCUT2D eigenvalue weighted by Gasteiger charge is -2.31. The minimum absolute atomic E-state index is 0.0217. The maximum absolute atomic E-state index is 12.0. The summed E-state index contributed by atoms with van der Waals surface area (Å²) in [7, 11) is 0. The van der Waals surface area contributed by atoms with Crippen LogP contribution in [-0.4, -0.2) is 49.3 Å². The van der Waals surface area contributed by atoms with Crippen LogP contribution in [0, 0.1) is 17.2 Å². The van der Waals surface area contributed by atoms with E-state index >= 15 is 0 Å². The first-order valence-electron chi connectivity index (χ1n) is 6.93. The molecular weight excluding hydrogens is 244 g/mol. The second-order valence-corrected chi connectivity index (χ2v) is 5.37. The fourth-order valence-corrected chi connectivity index (χ4v) is 2.23. The van der Waals surface area contributed by atoms with E-state index in [-0.39, 0.29) is 12.0 Å². The zero-order valence-electron chi connectivity index (χ0n) is 12.1. The first-order valence-corrected chi connectivity index (χ1v) is 6.93. The summed E-state index contributed by atoms with van der Waals surface area (Å²) in [5, 5.41) is 8.97. The highest BCUT2D eigenvalue weighted by atomic mass is 16.5. The number of carbonyl (C=O) groups excluding carboxylic acids is 1. The van der Waals surface area contributed by atoms with E-state index in [1.807, 2.05) is 6.92 Å². The van der Waals surface area contributed by atoms with E-state index in [0.717, 1.165) is 6.42 Å². The summed E-state index contributed by atoms with van der Waals surface area (Å²) in [5.41, 5.74) is 0. The molecule has 1 aliphatic heterocycles. The van der Waals surface area contributed by atoms with Gasteiger partial charge in [-0.1, -0.05) is 13.8 Å². The molecule has 108 valence electrons. The Morgan fingerprint density at radius 3 is 2.89 bits per heavy atom. The summed E-state index contributed by atoms with van der Waals surface area (Å²) in [6.45, 7) is 8.06. The SMILES string of the molecule is CC(C)C[C@@H](C)OCCC(=O)N1CCOC[C@H]1C#N. The van der Waals surface area contributed by atoms with Gasteiger partial charge in [-0.25, -0.2) is 0 Å². The molecule has 0 aromatic carbocycles. The van der Waals surface area contributed by atoms with Gasteiger partial charge in [0.25, 0.3) is 0 Å². The Labute approximate surface area is 115 Å². The number of hydrogen-bond acceptors (Lipinski definition) is 4. The summed E-state index contributed by atoms with van der Waals surface area (Å²) in [6, 6.07) is 1.65. The van der Waals surface area contributed by atoms with E-state index in [1.54, 1.807) is 4.90 Å². The van der Waals surface area contributed by atoms with Crippen molar-refractivity contribution in [3.8, 4) is 6.07 Å². The lowest BCUT2D eigenvalue weighted by atomic mass is 10.1. The van der Waals surface area contributed by atoms with Gasteiger partial charge in [0.05, 0.1) is 38.4 Å². The molecular formula is C14H24N2O3. The van der Waals surface area contributed by atoms with Gasteiger partial charge in [0.2, 0.25) is 5.91 Å². The monoisotopic (exact) mass is 268 g/mol. The Morgan fingerprint density at radius 2 is 2.26 bits per heavy atom. The number of hydrogen-bond donors (Lipinski definition) is 0. The molecule has 0 aromatic rings. The summed E-state index contributed by atoms with van der Waals surface area (Å²) >= 11 is 0. The van der Waals surface area contributed by atoms with Crippen LogP contribution in [0.25, 0.3) is 0 Å². The van der Waals surface area contributed by atoms with Crippen molar-refractivity contribution >= 4 is 5.91 Å². The van der Waals surface area contributed by atoms with Crippen molar-refractivity contribution in [1.29, 1.82) is 5.26 Å². The van der Waals surface area contributed by atoms with Crippen LogP contribution in [0.3, 0.4) is 0 Å². The lowest BCUT2D eigenvalue weighted by Crippen LogP contribution is -2.48. The zero-order chi connectivity index (χ0) is 14.3. The average molecular weight is 268 g/mol. The van der Waals surface area contributed by atoms with Crippen LogP contribution in [0.15, 0.2) is 0 Å². The fraction of sp³-hybridized carbons (Fsp3) is 0.857. The molecule has 0 N–H and O–H groups in total. The Kier molecular flexibility index (Phi) is 6.82. The molecule has 1 heterocycles. The standard InChI is InChI=1S/C14H24N2O3/c1-11(2)8-12(3)19-6-4-14(17)16-5-7-18-10-13(16)9-15/h11-13H,4-8,10H2,1-3H3/t12-,13-/m1/s1. The highest BCUT2D eigenvalue weighted by molar-refractivity contribution is 5.77. The van der Waals surface area contributed by atoms with E-state index in [9.17, 15) is 4.79 Å². The highest BCUT2D eigenvalue weighted by Gasteiger charge is 2.26. The number of nitrogens with zero attached hydrogens (tertiary/aromatic N) is 2. The molecule has 0 radical (unpaired) electrons. The molecule has 0 aromatic heterocycles. The topological polar surface area (TPSA) is 62.6 Å². The largest absolute Gasteiger partial charge is 0.378 e. The maximum atomic E-state index is 12.0. The van der Waals surface area contributed by atoms with Crippen molar-refractivity contribution in [1.82, 2.24) is 4.90 Å². The van der Waals surface area contributed by atoms with Crippen molar-refractivity contribution in [3.63, 3.8) is 0 Å². The average Bonchev–Trinajstić information content (AvgIpc) is 2.37. The number of rotatable bonds is 6. The van der Waals surface area contributed by atoms with Crippen molar-refractivity contribution < 1.29 is 14.3 Å². The molecule has 2 atom stereocenters. The van der Waals surface area contributed by atoms with Crippen LogP contribution in [0.4, 0.5) is 0 Å². The quantitative estimate of drug-likeness (QED) is 0.733. The Morgan fingerprint density at radius 1 is 1.53 bits per heavy atom. The zero-order valence-corrected chi connectivity index (χ0v) is 12.1. The summed E-state index contributed by atoms with van der Waals surface area (Å²) < 4.78 is 10.8. The fourth-order valence-electron chi connectivity index (χ4n) is 2.23. The maximum Gasteiger partial charge on any atom is 0.226 e. The molecule has 1 amide bonds. The lowest BCUT2D eigenvalue weighted by molar-refractivity contribution is -0.139. The second-order valence-electron chi connectivity index (χ2n) is 5.37. The third kappa shape index (κ3) is 5.58. The van der Waals surface area contributed by atoms with Crippen molar-refractivity contribution in [2.75, 3.05) is 26.4 Å². The molecule has 5 heteroatoms. The van der Waals surface area contributed by atoms with Gasteiger partial charge in [0.15, 0.2) is 0 Å². The molecule has 0 unspecified atom stereocenters. The summed E-state index contributed by atoms with van der Waals surface area (Å²) in [6.07, 6.45) is 1.50. The highest BCUT2D eigenvalue weighted by Crippen LogP contribution is 2.10. The van der Waals surface area contributed by atoms with Crippen LogP contribution in [-0.2, 0) is 14.3 Å². The third-order valence-electron chi connectivity index (χ3n) is 3.12. The molecule has 1 rings (SSSR count). The van der Waals surface area contributed by atoms with Gasteiger partial charge in [-0.3, -0.25) is 4.79 Å². The van der Waals surface area contributed by atoms with Crippen LogP contribution in [0.1, 0.15) is 33.6 Å². The number of carbonyl (C=O) groups is 1. The first kappa shape index (κ1) is 15.9. The van der Waals surface area contributed by atoms with Crippen molar-refractivity contribution in [2.24, 2.45) is 5.92 Å². The summed E-state index contributed by atoms with van der Waals surface area (Å²) in [4.78, 5) is 13.6. The third-order valence-corrected chi connectivity index (χ3v) is 3.12. The Balaban J connectivity index is 2.28. The van der Waals surface area contributed by atoms with E-state index in [1.165, 1.54) is 0 Å². The molecule has 0 aliphatic carbocycles. The molecule has 1 fully saturated rings. The van der Waals surface area contributed by atoms with Gasteiger partial charge in [-0.15, -0.1) is 0 Å². The van der Waals surface area contributed by atoms with Gasteiger partial charge in [-0.05, 0) is 19.3 Å². The molecule has 0 saturated carbocycles. The van der Waals surface area contributed by atoms with Crippen LogP contribution >= 0.6 is 0 Å². The Hall–Kier alpha value is -1.12. The van der Waals surface area contributed by atoms with Crippen LogP contribution in [0.2, 0.25) is 0 Å². The summed E-state index contributed by atoms with van der Waals surface area (Å²) in [5.74, 6) is 0.569. The predicted octanol–water partition coefficient (Wildman–Crippen LogP) is 1.58. The van der Waals surface area contributed by atoms with Crippen molar-refractivity contribution in [2.45, 2.75) is 45.8 Å². The molecule has 1 aliphatic rings. The van der Waals surface area contributed by atoms with Gasteiger partial charge in [-0.2, -0.15) is 5.26 Å². The normalized spacial score (nSPS) is 21.2. The van der Waals surface area contributed by atoms with Gasteiger partial charge < -0.3 is 14.4 Å². The second kappa shape index (κ2) is 8.13. The van der Waals surface area contributed by atoms with Crippen LogP contribution < -0.4 is 0 Å². The number of amides is 1. The molecule has 1 saturated heterocycles. The minimum atomic E-state index is -0.450. The van der Waals surface area contributed by atoms with E-state index in [2.05, 4.69) is 19.9 Å². The number of nitriles is 1. The van der Waals surface area contributed by atoms with E-state index in [4.69, 9.17) is 14.7 Å².